The minimum absolute atomic E-state index is 0.0828. The van der Waals surface area contributed by atoms with Crippen LogP contribution in [0.25, 0.3) is 0 Å². The van der Waals surface area contributed by atoms with E-state index in [1.165, 1.54) is 0 Å². The second-order valence-corrected chi connectivity index (χ2v) is 7.02. The van der Waals surface area contributed by atoms with Gasteiger partial charge in [0.1, 0.15) is 0 Å². The predicted octanol–water partition coefficient (Wildman–Crippen LogP) is 1.21. The van der Waals surface area contributed by atoms with Gasteiger partial charge in [0.15, 0.2) is 6.10 Å². The Balaban J connectivity index is 2.01. The maximum absolute atomic E-state index is 12.3. The molecule has 2 atom stereocenters. The van der Waals surface area contributed by atoms with Crippen LogP contribution < -0.4 is 4.72 Å². The van der Waals surface area contributed by atoms with Crippen LogP contribution >= 0.6 is 0 Å². The number of ether oxygens (including phenoxy) is 1. The van der Waals surface area contributed by atoms with E-state index in [4.69, 9.17) is 9.84 Å². The molecule has 0 aliphatic carbocycles. The normalized spacial score (nSPS) is 22.4. The van der Waals surface area contributed by atoms with Crippen LogP contribution in [0.3, 0.4) is 0 Å². The van der Waals surface area contributed by atoms with Crippen LogP contribution in [-0.4, -0.2) is 38.2 Å². The number of carbonyl (C=O) groups is 1. The van der Waals surface area contributed by atoms with Gasteiger partial charge < -0.3 is 9.84 Å². The maximum Gasteiger partial charge on any atom is 0.332 e. The molecule has 0 saturated carbocycles. The predicted molar refractivity (Wildman–Crippen MR) is 76.6 cm³/mol. The lowest BCUT2D eigenvalue weighted by Crippen LogP contribution is -2.33. The third kappa shape index (κ3) is 3.81. The van der Waals surface area contributed by atoms with Crippen LogP contribution in [0.1, 0.15) is 24.0 Å². The fourth-order valence-corrected chi connectivity index (χ4v) is 3.71. The first-order valence-electron chi connectivity index (χ1n) is 6.75. The summed E-state index contributed by atoms with van der Waals surface area (Å²) in [6.45, 7) is 3.72. The van der Waals surface area contributed by atoms with Gasteiger partial charge in [0.05, 0.1) is 11.0 Å². The van der Waals surface area contributed by atoms with Gasteiger partial charge in [0.25, 0.3) is 0 Å². The van der Waals surface area contributed by atoms with Crippen LogP contribution in [0.4, 0.5) is 0 Å². The molecule has 1 aromatic rings. The molecule has 1 aliphatic heterocycles. The van der Waals surface area contributed by atoms with Crippen molar-refractivity contribution in [2.45, 2.75) is 43.8 Å². The molecule has 116 valence electrons. The first-order valence-corrected chi connectivity index (χ1v) is 8.23. The van der Waals surface area contributed by atoms with Crippen LogP contribution in [0, 0.1) is 13.8 Å². The third-order valence-corrected chi connectivity index (χ3v) is 5.09. The lowest BCUT2D eigenvalue weighted by atomic mass is 10.2. The van der Waals surface area contributed by atoms with E-state index >= 15 is 0 Å². The van der Waals surface area contributed by atoms with E-state index in [1.807, 2.05) is 6.92 Å². The summed E-state index contributed by atoms with van der Waals surface area (Å²) in [5.74, 6) is -1.00. The first-order chi connectivity index (χ1) is 9.79. The fraction of sp³-hybridized carbons (Fsp3) is 0.500. The van der Waals surface area contributed by atoms with Crippen molar-refractivity contribution in [3.63, 3.8) is 0 Å². The van der Waals surface area contributed by atoms with Crippen molar-refractivity contribution in [3.05, 3.63) is 29.3 Å². The lowest BCUT2D eigenvalue weighted by Gasteiger charge is -2.14. The number of hydrogen-bond donors (Lipinski definition) is 2. The van der Waals surface area contributed by atoms with Gasteiger partial charge >= 0.3 is 5.97 Å². The molecule has 6 nitrogen and oxygen atoms in total. The molecule has 1 heterocycles. The number of benzene rings is 1. The van der Waals surface area contributed by atoms with Gasteiger partial charge in [-0.2, -0.15) is 0 Å². The summed E-state index contributed by atoms with van der Waals surface area (Å²) in [5.41, 5.74) is 1.67. The van der Waals surface area contributed by atoms with Crippen LogP contribution in [0.5, 0.6) is 0 Å². The molecule has 2 rings (SSSR count). The summed E-state index contributed by atoms with van der Waals surface area (Å²) >= 11 is 0. The van der Waals surface area contributed by atoms with E-state index in [0.29, 0.717) is 18.4 Å². The zero-order valence-corrected chi connectivity index (χ0v) is 12.8. The van der Waals surface area contributed by atoms with Crippen molar-refractivity contribution in [1.29, 1.82) is 0 Å². The molecule has 0 spiro atoms. The number of carboxylic acid groups (broad SMARTS) is 1. The molecule has 21 heavy (non-hydrogen) atoms. The maximum atomic E-state index is 12.3. The summed E-state index contributed by atoms with van der Waals surface area (Å²) in [7, 11) is -3.61. The van der Waals surface area contributed by atoms with Crippen molar-refractivity contribution in [2.75, 3.05) is 6.54 Å². The van der Waals surface area contributed by atoms with Gasteiger partial charge in [0.2, 0.25) is 10.0 Å². The highest BCUT2D eigenvalue weighted by atomic mass is 32.2. The summed E-state index contributed by atoms with van der Waals surface area (Å²) in [6.07, 6.45) is -0.287. The average molecular weight is 313 g/mol. The van der Waals surface area contributed by atoms with Gasteiger partial charge in [0, 0.05) is 6.54 Å². The summed E-state index contributed by atoms with van der Waals surface area (Å²) in [4.78, 5) is 11.0. The van der Waals surface area contributed by atoms with Crippen molar-refractivity contribution in [2.24, 2.45) is 0 Å². The van der Waals surface area contributed by atoms with Crippen LogP contribution in [-0.2, 0) is 19.6 Å². The van der Waals surface area contributed by atoms with Gasteiger partial charge in [-0.05, 0) is 38.3 Å². The zero-order chi connectivity index (χ0) is 15.6. The smallest absolute Gasteiger partial charge is 0.332 e. The minimum Gasteiger partial charge on any atom is -0.479 e. The standard InChI is InChI=1S/C14H19NO5S/c1-9-3-6-13(10(2)7-9)21(18,19)15-8-11-4-5-12(20-11)14(16)17/h3,6-7,11-12,15H,4-5,8H2,1-2H3,(H,16,17). The number of aliphatic carboxylic acids is 1. The molecular weight excluding hydrogens is 294 g/mol. The molecule has 2 unspecified atom stereocenters. The van der Waals surface area contributed by atoms with Crippen molar-refractivity contribution in [3.8, 4) is 0 Å². The quantitative estimate of drug-likeness (QED) is 0.852. The Morgan fingerprint density at radius 3 is 2.67 bits per heavy atom. The third-order valence-electron chi connectivity index (χ3n) is 3.50. The second-order valence-electron chi connectivity index (χ2n) is 5.28. The van der Waals surface area contributed by atoms with E-state index in [1.54, 1.807) is 25.1 Å². The number of aryl methyl sites for hydroxylation is 2. The molecular formula is C14H19NO5S. The Bertz CT molecular complexity index is 641. The SMILES string of the molecule is Cc1ccc(S(=O)(=O)NCC2CCC(C(=O)O)O2)c(C)c1. The molecule has 2 N–H and O–H groups in total. The summed E-state index contributed by atoms with van der Waals surface area (Å²) in [6, 6.07) is 5.12. The number of rotatable bonds is 5. The summed E-state index contributed by atoms with van der Waals surface area (Å²) in [5, 5.41) is 8.84. The Morgan fingerprint density at radius 1 is 1.38 bits per heavy atom. The number of sulfonamides is 1. The lowest BCUT2D eigenvalue weighted by molar-refractivity contribution is -0.149. The topological polar surface area (TPSA) is 92.7 Å². The van der Waals surface area contributed by atoms with Crippen LogP contribution in [0.15, 0.2) is 23.1 Å². The van der Waals surface area contributed by atoms with Gasteiger partial charge in [-0.25, -0.2) is 17.9 Å². The second kappa shape index (κ2) is 6.13. The average Bonchev–Trinajstić information content (AvgIpc) is 2.85. The van der Waals surface area contributed by atoms with Crippen LogP contribution in [0.2, 0.25) is 0 Å². The van der Waals surface area contributed by atoms with Gasteiger partial charge in [-0.1, -0.05) is 17.7 Å². The number of carboxylic acids is 1. The van der Waals surface area contributed by atoms with Crippen molar-refractivity contribution in [1.82, 2.24) is 4.72 Å². The Morgan fingerprint density at radius 2 is 2.10 bits per heavy atom. The highest BCUT2D eigenvalue weighted by Crippen LogP contribution is 2.21. The Hall–Kier alpha value is -1.44. The molecule has 1 aliphatic rings. The molecule has 7 heteroatoms. The molecule has 0 aromatic heterocycles. The van der Waals surface area contributed by atoms with E-state index < -0.39 is 28.2 Å². The van der Waals surface area contributed by atoms with E-state index in [0.717, 1.165) is 5.56 Å². The number of hydrogen-bond acceptors (Lipinski definition) is 4. The summed E-state index contributed by atoms with van der Waals surface area (Å²) < 4.78 is 32.3. The molecule has 1 aromatic carbocycles. The number of nitrogens with one attached hydrogen (secondary N) is 1. The molecule has 0 amide bonds. The molecule has 0 bridgehead atoms. The van der Waals surface area contributed by atoms with Crippen molar-refractivity contribution >= 4 is 16.0 Å². The fourth-order valence-electron chi connectivity index (χ4n) is 2.42. The van der Waals surface area contributed by atoms with E-state index in [-0.39, 0.29) is 11.4 Å². The zero-order valence-electron chi connectivity index (χ0n) is 12.0. The molecule has 1 fully saturated rings. The minimum atomic E-state index is -3.61. The molecule has 0 radical (unpaired) electrons. The van der Waals surface area contributed by atoms with E-state index in [2.05, 4.69) is 4.72 Å². The van der Waals surface area contributed by atoms with Crippen molar-refractivity contribution < 1.29 is 23.1 Å². The van der Waals surface area contributed by atoms with Gasteiger partial charge in [-0.15, -0.1) is 0 Å². The largest absolute Gasteiger partial charge is 0.479 e. The van der Waals surface area contributed by atoms with E-state index in [9.17, 15) is 13.2 Å². The first kappa shape index (κ1) is 15.9. The van der Waals surface area contributed by atoms with Gasteiger partial charge in [-0.3, -0.25) is 0 Å². The Labute approximate surface area is 124 Å². The monoisotopic (exact) mass is 313 g/mol. The molecule has 1 saturated heterocycles. The highest BCUT2D eigenvalue weighted by Gasteiger charge is 2.31. The highest BCUT2D eigenvalue weighted by molar-refractivity contribution is 7.89. The Kier molecular flexibility index (Phi) is 4.65.